The van der Waals surface area contributed by atoms with E-state index in [-0.39, 0.29) is 32.1 Å². The molecule has 0 N–H and O–H groups in total. The number of benzene rings is 1. The summed E-state index contributed by atoms with van der Waals surface area (Å²) in [5.41, 5.74) is -0.417. The number of aromatic nitrogens is 1. The first-order valence-corrected chi connectivity index (χ1v) is 7.76. The Morgan fingerprint density at radius 3 is 2.16 bits per heavy atom. The van der Waals surface area contributed by atoms with E-state index in [9.17, 15) is 22.4 Å². The highest BCUT2D eigenvalue weighted by atomic mass is 35.5. The zero-order chi connectivity index (χ0) is 18.1. The fourth-order valence-corrected chi connectivity index (χ4v) is 2.88. The zero-order valence-electron chi connectivity index (χ0n) is 12.8. The number of anilines is 1. The fraction of sp³-hybridized carbons (Fsp3) is 0.250. The Labute approximate surface area is 145 Å². The van der Waals surface area contributed by atoms with E-state index in [4.69, 9.17) is 11.6 Å². The minimum Gasteiger partial charge on any atom is -0.363 e. The standard InChI is InChI=1S/C16H12ClF4N3O/c17-10-3-1-2-9(8-10)16(25)24-6-4-23(5-7-24)13-11(18)14(20)22-15(21)12(13)19/h1-3,8H,4-7H2. The van der Waals surface area contributed by atoms with E-state index in [1.54, 1.807) is 18.2 Å². The Morgan fingerprint density at radius 1 is 1.00 bits per heavy atom. The van der Waals surface area contributed by atoms with Crippen molar-refractivity contribution >= 4 is 23.2 Å². The summed E-state index contributed by atoms with van der Waals surface area (Å²) >= 11 is 5.86. The summed E-state index contributed by atoms with van der Waals surface area (Å²) in [6.07, 6.45) is 0. The van der Waals surface area contributed by atoms with Crippen LogP contribution in [0, 0.1) is 23.5 Å². The molecule has 9 heteroatoms. The SMILES string of the molecule is O=C(c1cccc(Cl)c1)N1CCN(c2c(F)c(F)nc(F)c2F)CC1. The molecule has 0 bridgehead atoms. The van der Waals surface area contributed by atoms with Gasteiger partial charge in [-0.25, -0.2) is 0 Å². The molecule has 1 aliphatic rings. The van der Waals surface area contributed by atoms with Crippen LogP contribution in [0.4, 0.5) is 23.2 Å². The Hall–Kier alpha value is -2.35. The number of hydrogen-bond donors (Lipinski definition) is 0. The van der Waals surface area contributed by atoms with Gasteiger partial charge < -0.3 is 9.80 Å². The van der Waals surface area contributed by atoms with Gasteiger partial charge in [0.25, 0.3) is 17.8 Å². The number of hydrogen-bond acceptors (Lipinski definition) is 3. The number of rotatable bonds is 2. The number of nitrogens with zero attached hydrogens (tertiary/aromatic N) is 3. The first-order chi connectivity index (χ1) is 11.9. The summed E-state index contributed by atoms with van der Waals surface area (Å²) < 4.78 is 54.1. The third-order valence-electron chi connectivity index (χ3n) is 3.93. The molecule has 1 saturated heterocycles. The number of pyridine rings is 1. The van der Waals surface area contributed by atoms with Gasteiger partial charge in [-0.3, -0.25) is 4.79 Å². The van der Waals surface area contributed by atoms with Crippen molar-refractivity contribution < 1.29 is 22.4 Å². The fourth-order valence-electron chi connectivity index (χ4n) is 2.69. The molecule has 0 atom stereocenters. The average molecular weight is 374 g/mol. The van der Waals surface area contributed by atoms with Crippen molar-refractivity contribution in [2.45, 2.75) is 0 Å². The molecular formula is C16H12ClF4N3O. The van der Waals surface area contributed by atoms with Crippen LogP contribution in [0.3, 0.4) is 0 Å². The molecule has 1 amide bonds. The molecule has 2 aromatic rings. The molecule has 0 aliphatic carbocycles. The Kier molecular flexibility index (Phi) is 4.80. The van der Waals surface area contributed by atoms with Crippen molar-refractivity contribution in [3.63, 3.8) is 0 Å². The largest absolute Gasteiger partial charge is 0.363 e. The lowest BCUT2D eigenvalue weighted by Crippen LogP contribution is -2.49. The molecule has 25 heavy (non-hydrogen) atoms. The van der Waals surface area contributed by atoms with Crippen molar-refractivity contribution in [1.29, 1.82) is 0 Å². The molecule has 0 spiro atoms. The third kappa shape index (κ3) is 3.39. The van der Waals surface area contributed by atoms with Crippen LogP contribution in [-0.4, -0.2) is 42.0 Å². The highest BCUT2D eigenvalue weighted by molar-refractivity contribution is 6.30. The molecule has 1 aliphatic heterocycles. The van der Waals surface area contributed by atoms with Crippen molar-refractivity contribution in [2.24, 2.45) is 0 Å². The molecule has 1 aromatic heterocycles. The van der Waals surface area contributed by atoms with Gasteiger partial charge in [0.15, 0.2) is 0 Å². The lowest BCUT2D eigenvalue weighted by atomic mass is 10.1. The van der Waals surface area contributed by atoms with Gasteiger partial charge in [0.1, 0.15) is 5.69 Å². The maximum atomic E-state index is 13.8. The van der Waals surface area contributed by atoms with Gasteiger partial charge >= 0.3 is 0 Å². The summed E-state index contributed by atoms with van der Waals surface area (Å²) in [5, 5.41) is 0.413. The Morgan fingerprint density at radius 2 is 1.60 bits per heavy atom. The molecule has 1 aromatic carbocycles. The molecular weight excluding hydrogens is 362 g/mol. The van der Waals surface area contributed by atoms with Crippen LogP contribution in [0.5, 0.6) is 0 Å². The molecule has 0 radical (unpaired) electrons. The lowest BCUT2D eigenvalue weighted by molar-refractivity contribution is 0.0746. The number of halogens is 5. The van der Waals surface area contributed by atoms with Crippen LogP contribution >= 0.6 is 11.6 Å². The van der Waals surface area contributed by atoms with Crippen LogP contribution in [-0.2, 0) is 0 Å². The van der Waals surface area contributed by atoms with Gasteiger partial charge in [-0.05, 0) is 18.2 Å². The zero-order valence-corrected chi connectivity index (χ0v) is 13.5. The van der Waals surface area contributed by atoms with Crippen LogP contribution in [0.2, 0.25) is 5.02 Å². The summed E-state index contributed by atoms with van der Waals surface area (Å²) in [5.74, 6) is -6.78. The Balaban J connectivity index is 1.76. The van der Waals surface area contributed by atoms with Crippen molar-refractivity contribution in [1.82, 2.24) is 9.88 Å². The number of carbonyl (C=O) groups excluding carboxylic acids is 1. The van der Waals surface area contributed by atoms with Crippen molar-refractivity contribution in [2.75, 3.05) is 31.1 Å². The van der Waals surface area contributed by atoms with E-state index in [0.29, 0.717) is 10.6 Å². The van der Waals surface area contributed by atoms with Crippen LogP contribution in [0.1, 0.15) is 10.4 Å². The van der Waals surface area contributed by atoms with Crippen molar-refractivity contribution in [3.05, 3.63) is 58.4 Å². The predicted molar refractivity (Wildman–Crippen MR) is 83.6 cm³/mol. The third-order valence-corrected chi connectivity index (χ3v) is 4.16. The average Bonchev–Trinajstić information content (AvgIpc) is 2.60. The van der Waals surface area contributed by atoms with Gasteiger partial charge in [-0.1, -0.05) is 17.7 Å². The van der Waals surface area contributed by atoms with E-state index in [1.807, 2.05) is 0 Å². The van der Waals surface area contributed by atoms with Gasteiger partial charge in [0.2, 0.25) is 11.6 Å². The predicted octanol–water partition coefficient (Wildman–Crippen LogP) is 3.25. The number of carbonyl (C=O) groups is 1. The minimum atomic E-state index is -1.70. The summed E-state index contributed by atoms with van der Waals surface area (Å²) in [7, 11) is 0. The second kappa shape index (κ2) is 6.87. The molecule has 3 rings (SSSR count). The maximum absolute atomic E-state index is 13.8. The normalized spacial score (nSPS) is 14.8. The van der Waals surface area contributed by atoms with E-state index in [0.717, 1.165) is 4.90 Å². The van der Waals surface area contributed by atoms with Crippen LogP contribution in [0.15, 0.2) is 24.3 Å². The molecule has 0 saturated carbocycles. The van der Waals surface area contributed by atoms with E-state index in [2.05, 4.69) is 4.98 Å². The number of amides is 1. The van der Waals surface area contributed by atoms with E-state index < -0.39 is 29.2 Å². The Bertz CT molecular complexity index is 799. The maximum Gasteiger partial charge on any atom is 0.254 e. The summed E-state index contributed by atoms with van der Waals surface area (Å²) in [4.78, 5) is 17.6. The minimum absolute atomic E-state index is 0.0169. The second-order valence-corrected chi connectivity index (χ2v) is 5.90. The number of piperazine rings is 1. The quantitative estimate of drug-likeness (QED) is 0.599. The highest BCUT2D eigenvalue weighted by Gasteiger charge is 2.29. The monoisotopic (exact) mass is 373 g/mol. The molecule has 4 nitrogen and oxygen atoms in total. The van der Waals surface area contributed by atoms with Gasteiger partial charge in [-0.15, -0.1) is 0 Å². The highest BCUT2D eigenvalue weighted by Crippen LogP contribution is 2.27. The molecule has 0 unspecified atom stereocenters. The molecule has 2 heterocycles. The molecule has 1 fully saturated rings. The lowest BCUT2D eigenvalue weighted by Gasteiger charge is -2.36. The smallest absolute Gasteiger partial charge is 0.254 e. The first kappa shape index (κ1) is 17.5. The van der Waals surface area contributed by atoms with E-state index >= 15 is 0 Å². The summed E-state index contributed by atoms with van der Waals surface area (Å²) in [6, 6.07) is 6.39. The van der Waals surface area contributed by atoms with Gasteiger partial charge in [0.05, 0.1) is 0 Å². The van der Waals surface area contributed by atoms with E-state index in [1.165, 1.54) is 11.0 Å². The summed E-state index contributed by atoms with van der Waals surface area (Å²) in [6.45, 7) is 0.303. The van der Waals surface area contributed by atoms with Crippen molar-refractivity contribution in [3.8, 4) is 0 Å². The first-order valence-electron chi connectivity index (χ1n) is 7.38. The van der Waals surface area contributed by atoms with Crippen LogP contribution in [0.25, 0.3) is 0 Å². The topological polar surface area (TPSA) is 36.4 Å². The molecule has 132 valence electrons. The second-order valence-electron chi connectivity index (χ2n) is 5.46. The van der Waals surface area contributed by atoms with Gasteiger partial charge in [-0.2, -0.15) is 22.5 Å². The van der Waals surface area contributed by atoms with Gasteiger partial charge in [0, 0.05) is 36.8 Å². The van der Waals surface area contributed by atoms with Crippen LogP contribution < -0.4 is 4.90 Å².